The van der Waals surface area contributed by atoms with Crippen molar-refractivity contribution in [3.8, 4) is 11.8 Å². The number of nitrogens with zero attached hydrogens (tertiary/aromatic N) is 3. The van der Waals surface area contributed by atoms with Gasteiger partial charge in [-0.25, -0.2) is 0 Å². The van der Waals surface area contributed by atoms with Gasteiger partial charge in [-0.15, -0.1) is 0 Å². The lowest BCUT2D eigenvalue weighted by Gasteiger charge is -2.32. The maximum absolute atomic E-state index is 8.80. The Kier molecular flexibility index (Phi) is 4.67. The fourth-order valence-electron chi connectivity index (χ4n) is 2.73. The van der Waals surface area contributed by atoms with Crippen LogP contribution in [-0.2, 0) is 6.54 Å². The van der Waals surface area contributed by atoms with Gasteiger partial charge in [-0.1, -0.05) is 0 Å². The van der Waals surface area contributed by atoms with Crippen molar-refractivity contribution in [1.82, 2.24) is 9.88 Å². The van der Waals surface area contributed by atoms with Gasteiger partial charge >= 0.3 is 0 Å². The van der Waals surface area contributed by atoms with Crippen LogP contribution in [0.2, 0.25) is 0 Å². The highest BCUT2D eigenvalue weighted by Crippen LogP contribution is 2.20. The van der Waals surface area contributed by atoms with E-state index in [0.29, 0.717) is 5.56 Å². The molecule has 1 aliphatic rings. The van der Waals surface area contributed by atoms with Crippen LogP contribution in [0.15, 0.2) is 48.8 Å². The van der Waals surface area contributed by atoms with Crippen molar-refractivity contribution in [3.05, 3.63) is 59.9 Å². The van der Waals surface area contributed by atoms with Crippen LogP contribution in [0, 0.1) is 11.3 Å². The number of pyridine rings is 1. The zero-order valence-electron chi connectivity index (χ0n) is 12.5. The maximum atomic E-state index is 8.80. The number of hydrogen-bond acceptors (Lipinski definition) is 4. The lowest BCUT2D eigenvalue weighted by atomic mass is 10.1. The Balaban J connectivity index is 1.48. The molecule has 1 aliphatic heterocycles. The Morgan fingerprint density at radius 2 is 1.77 bits per heavy atom. The van der Waals surface area contributed by atoms with Crippen molar-refractivity contribution in [2.24, 2.45) is 0 Å². The minimum absolute atomic E-state index is 0.265. The molecule has 2 aromatic rings. The van der Waals surface area contributed by atoms with Crippen molar-refractivity contribution < 1.29 is 4.74 Å². The zero-order chi connectivity index (χ0) is 15.2. The highest BCUT2D eigenvalue weighted by Gasteiger charge is 2.20. The summed E-state index contributed by atoms with van der Waals surface area (Å²) >= 11 is 0. The molecule has 112 valence electrons. The van der Waals surface area contributed by atoms with E-state index in [4.69, 9.17) is 10.00 Å². The van der Waals surface area contributed by atoms with Crippen LogP contribution < -0.4 is 4.74 Å². The van der Waals surface area contributed by atoms with Gasteiger partial charge in [0.25, 0.3) is 0 Å². The SMILES string of the molecule is N#Cc1ccc(OC2CCN(Cc3ccncc3)CC2)cc1. The molecule has 0 saturated carbocycles. The molecular weight excluding hydrogens is 274 g/mol. The summed E-state index contributed by atoms with van der Waals surface area (Å²) in [5.41, 5.74) is 1.97. The van der Waals surface area contributed by atoms with Gasteiger partial charge in [-0.2, -0.15) is 5.26 Å². The van der Waals surface area contributed by atoms with Crippen LogP contribution in [0.1, 0.15) is 24.0 Å². The molecule has 22 heavy (non-hydrogen) atoms. The van der Waals surface area contributed by atoms with Crippen LogP contribution in [0.4, 0.5) is 0 Å². The molecule has 1 saturated heterocycles. The molecule has 0 radical (unpaired) electrons. The second-order valence-corrected chi connectivity index (χ2v) is 5.59. The third-order valence-corrected chi connectivity index (χ3v) is 3.98. The molecule has 0 spiro atoms. The van der Waals surface area contributed by atoms with E-state index in [0.717, 1.165) is 38.2 Å². The first kappa shape index (κ1) is 14.6. The van der Waals surface area contributed by atoms with Gasteiger partial charge in [0.15, 0.2) is 0 Å². The molecule has 0 amide bonds. The average Bonchev–Trinajstić information content (AvgIpc) is 2.58. The van der Waals surface area contributed by atoms with Gasteiger partial charge in [-0.05, 0) is 54.8 Å². The van der Waals surface area contributed by atoms with Crippen molar-refractivity contribution in [2.45, 2.75) is 25.5 Å². The van der Waals surface area contributed by atoms with Gasteiger partial charge < -0.3 is 4.74 Å². The summed E-state index contributed by atoms with van der Waals surface area (Å²) in [5.74, 6) is 0.853. The molecule has 1 aromatic heterocycles. The van der Waals surface area contributed by atoms with Crippen LogP contribution in [-0.4, -0.2) is 29.1 Å². The summed E-state index contributed by atoms with van der Waals surface area (Å²) in [4.78, 5) is 6.50. The monoisotopic (exact) mass is 293 g/mol. The second kappa shape index (κ2) is 7.06. The predicted octanol–water partition coefficient (Wildman–Crippen LogP) is 3.00. The van der Waals surface area contributed by atoms with E-state index in [1.54, 1.807) is 12.1 Å². The van der Waals surface area contributed by atoms with Crippen molar-refractivity contribution in [3.63, 3.8) is 0 Å². The molecule has 0 atom stereocenters. The van der Waals surface area contributed by atoms with Gasteiger partial charge in [0, 0.05) is 32.0 Å². The molecule has 0 N–H and O–H groups in total. The maximum Gasteiger partial charge on any atom is 0.119 e. The Morgan fingerprint density at radius 3 is 2.41 bits per heavy atom. The molecule has 2 heterocycles. The Morgan fingerprint density at radius 1 is 1.09 bits per heavy atom. The average molecular weight is 293 g/mol. The van der Waals surface area contributed by atoms with E-state index >= 15 is 0 Å². The number of aromatic nitrogens is 1. The highest BCUT2D eigenvalue weighted by atomic mass is 16.5. The Bertz CT molecular complexity index is 626. The van der Waals surface area contributed by atoms with Crippen LogP contribution in [0.25, 0.3) is 0 Å². The van der Waals surface area contributed by atoms with Crippen molar-refractivity contribution in [1.29, 1.82) is 5.26 Å². The normalized spacial score (nSPS) is 16.1. The summed E-state index contributed by atoms with van der Waals surface area (Å²) < 4.78 is 6.01. The van der Waals surface area contributed by atoms with Crippen molar-refractivity contribution >= 4 is 0 Å². The molecule has 3 rings (SSSR count). The molecular formula is C18H19N3O. The molecule has 0 aliphatic carbocycles. The van der Waals surface area contributed by atoms with Gasteiger partial charge in [0.1, 0.15) is 11.9 Å². The third kappa shape index (κ3) is 3.84. The molecule has 1 aromatic carbocycles. The minimum atomic E-state index is 0.265. The summed E-state index contributed by atoms with van der Waals surface area (Å²) in [5, 5.41) is 8.80. The number of rotatable bonds is 4. The predicted molar refractivity (Wildman–Crippen MR) is 84.3 cm³/mol. The minimum Gasteiger partial charge on any atom is -0.490 e. The van der Waals surface area contributed by atoms with Crippen LogP contribution >= 0.6 is 0 Å². The lowest BCUT2D eigenvalue weighted by Crippen LogP contribution is -2.37. The van der Waals surface area contributed by atoms with E-state index < -0.39 is 0 Å². The van der Waals surface area contributed by atoms with E-state index in [9.17, 15) is 0 Å². The van der Waals surface area contributed by atoms with E-state index in [2.05, 4.69) is 28.1 Å². The van der Waals surface area contributed by atoms with Gasteiger partial charge in [0.2, 0.25) is 0 Å². The van der Waals surface area contributed by atoms with Crippen molar-refractivity contribution in [2.75, 3.05) is 13.1 Å². The number of piperidine rings is 1. The number of benzene rings is 1. The Labute approximate surface area is 131 Å². The highest BCUT2D eigenvalue weighted by molar-refractivity contribution is 5.34. The first-order valence-electron chi connectivity index (χ1n) is 7.61. The Hall–Kier alpha value is -2.38. The second-order valence-electron chi connectivity index (χ2n) is 5.59. The van der Waals surface area contributed by atoms with E-state index in [-0.39, 0.29) is 6.10 Å². The molecule has 4 heteroatoms. The number of nitriles is 1. The molecule has 4 nitrogen and oxygen atoms in total. The van der Waals surface area contributed by atoms with Gasteiger partial charge in [0.05, 0.1) is 11.6 Å². The summed E-state index contributed by atoms with van der Waals surface area (Å²) in [7, 11) is 0. The van der Waals surface area contributed by atoms with E-state index in [1.165, 1.54) is 5.56 Å². The first-order chi connectivity index (χ1) is 10.8. The molecule has 1 fully saturated rings. The topological polar surface area (TPSA) is 49.1 Å². The standard InChI is InChI=1S/C18H19N3O/c19-13-15-1-3-17(4-2-15)22-18-7-11-21(12-8-18)14-16-5-9-20-10-6-16/h1-6,9-10,18H,7-8,11-12,14H2. The van der Waals surface area contributed by atoms with Gasteiger partial charge in [-0.3, -0.25) is 9.88 Å². The fourth-order valence-corrected chi connectivity index (χ4v) is 2.73. The number of hydrogen-bond donors (Lipinski definition) is 0. The summed E-state index contributed by atoms with van der Waals surface area (Å²) in [6.07, 6.45) is 6.02. The number of ether oxygens (including phenoxy) is 1. The largest absolute Gasteiger partial charge is 0.490 e. The smallest absolute Gasteiger partial charge is 0.119 e. The van der Waals surface area contributed by atoms with E-state index in [1.807, 2.05) is 24.5 Å². The fraction of sp³-hybridized carbons (Fsp3) is 0.333. The van der Waals surface area contributed by atoms with Crippen LogP contribution in [0.3, 0.4) is 0 Å². The third-order valence-electron chi connectivity index (χ3n) is 3.98. The quantitative estimate of drug-likeness (QED) is 0.869. The van der Waals surface area contributed by atoms with Crippen LogP contribution in [0.5, 0.6) is 5.75 Å². The lowest BCUT2D eigenvalue weighted by molar-refractivity contribution is 0.0968. The molecule has 0 bridgehead atoms. The first-order valence-corrected chi connectivity index (χ1v) is 7.61. The number of likely N-dealkylation sites (tertiary alicyclic amines) is 1. The summed E-state index contributed by atoms with van der Waals surface area (Å²) in [6.45, 7) is 3.07. The summed E-state index contributed by atoms with van der Waals surface area (Å²) in [6, 6.07) is 13.6. The molecule has 0 unspecified atom stereocenters. The zero-order valence-corrected chi connectivity index (χ0v) is 12.5.